The predicted octanol–water partition coefficient (Wildman–Crippen LogP) is 3.90. The lowest BCUT2D eigenvalue weighted by molar-refractivity contribution is -0.122. The third-order valence-corrected chi connectivity index (χ3v) is 7.24. The van der Waals surface area contributed by atoms with E-state index in [1.54, 1.807) is 12.1 Å². The third kappa shape index (κ3) is 5.47. The number of hydrogen-bond acceptors (Lipinski definition) is 3. The summed E-state index contributed by atoms with van der Waals surface area (Å²) in [5.41, 5.74) is 1.06. The molecular weight excluding hydrogens is 419 g/mol. The van der Waals surface area contributed by atoms with Gasteiger partial charge in [0.1, 0.15) is 0 Å². The maximum atomic E-state index is 12.7. The van der Waals surface area contributed by atoms with Gasteiger partial charge in [-0.2, -0.15) is 4.31 Å². The Balaban J connectivity index is 1.47. The Hall–Kier alpha value is -1.60. The number of hydrogen-bond donors (Lipinski definition) is 1. The van der Waals surface area contributed by atoms with Crippen molar-refractivity contribution in [3.05, 3.63) is 64.1 Å². The summed E-state index contributed by atoms with van der Waals surface area (Å²) in [7, 11) is -3.53. The number of sulfonamides is 1. The lowest BCUT2D eigenvalue weighted by Crippen LogP contribution is -2.46. The van der Waals surface area contributed by atoms with Crippen LogP contribution >= 0.6 is 23.2 Å². The minimum Gasteiger partial charge on any atom is -0.353 e. The van der Waals surface area contributed by atoms with Crippen LogP contribution in [0.3, 0.4) is 0 Å². The number of nitrogens with zero attached hydrogens (tertiary/aromatic N) is 1. The van der Waals surface area contributed by atoms with Crippen LogP contribution in [0.15, 0.2) is 53.4 Å². The molecule has 2 aromatic carbocycles. The van der Waals surface area contributed by atoms with E-state index >= 15 is 0 Å². The van der Waals surface area contributed by atoms with E-state index in [-0.39, 0.29) is 16.8 Å². The molecule has 0 bridgehead atoms. The fourth-order valence-corrected chi connectivity index (χ4v) is 4.93. The molecule has 28 heavy (non-hydrogen) atoms. The lowest BCUT2D eigenvalue weighted by atomic mass is 10.1. The molecule has 0 spiro atoms. The molecule has 0 aliphatic carbocycles. The van der Waals surface area contributed by atoms with E-state index in [0.29, 0.717) is 48.8 Å². The molecule has 2 aromatic rings. The molecule has 5 nitrogen and oxygen atoms in total. The molecule has 0 aromatic heterocycles. The van der Waals surface area contributed by atoms with Crippen molar-refractivity contribution in [2.45, 2.75) is 36.6 Å². The van der Waals surface area contributed by atoms with Crippen molar-refractivity contribution in [1.82, 2.24) is 9.62 Å². The topological polar surface area (TPSA) is 66.5 Å². The second-order valence-corrected chi connectivity index (χ2v) is 9.64. The first kappa shape index (κ1) is 21.1. The zero-order valence-electron chi connectivity index (χ0n) is 15.3. The summed E-state index contributed by atoms with van der Waals surface area (Å²) >= 11 is 11.7. The van der Waals surface area contributed by atoms with Crippen molar-refractivity contribution in [2.24, 2.45) is 0 Å². The van der Waals surface area contributed by atoms with Gasteiger partial charge in [0.2, 0.25) is 15.9 Å². The number of amides is 1. The first-order chi connectivity index (χ1) is 13.3. The Kier molecular flexibility index (Phi) is 6.99. The number of nitrogens with one attached hydrogen (secondary N) is 1. The summed E-state index contributed by atoms with van der Waals surface area (Å²) in [6, 6.07) is 13.6. The van der Waals surface area contributed by atoms with E-state index in [4.69, 9.17) is 23.2 Å². The summed E-state index contributed by atoms with van der Waals surface area (Å²) in [6.45, 7) is 0.764. The highest BCUT2D eigenvalue weighted by Gasteiger charge is 2.29. The average Bonchev–Trinajstić information content (AvgIpc) is 2.68. The molecule has 1 saturated heterocycles. The Morgan fingerprint density at radius 2 is 1.50 bits per heavy atom. The summed E-state index contributed by atoms with van der Waals surface area (Å²) in [5.74, 6) is -0.0195. The fourth-order valence-electron chi connectivity index (χ4n) is 3.20. The Morgan fingerprint density at radius 3 is 2.07 bits per heavy atom. The van der Waals surface area contributed by atoms with Gasteiger partial charge >= 0.3 is 0 Å². The summed E-state index contributed by atoms with van der Waals surface area (Å²) < 4.78 is 26.9. The van der Waals surface area contributed by atoms with Crippen LogP contribution in [0.5, 0.6) is 0 Å². The van der Waals surface area contributed by atoms with Crippen LogP contribution in [0.4, 0.5) is 0 Å². The number of aryl methyl sites for hydroxylation is 1. The number of halogens is 2. The van der Waals surface area contributed by atoms with Crippen molar-refractivity contribution in [1.29, 1.82) is 0 Å². The van der Waals surface area contributed by atoms with Gasteiger partial charge in [-0.3, -0.25) is 4.79 Å². The van der Waals surface area contributed by atoms with Crippen LogP contribution in [-0.2, 0) is 21.2 Å². The van der Waals surface area contributed by atoms with Crippen LogP contribution in [-0.4, -0.2) is 37.8 Å². The molecule has 8 heteroatoms. The largest absolute Gasteiger partial charge is 0.353 e. The van der Waals surface area contributed by atoms with Crippen molar-refractivity contribution in [3.63, 3.8) is 0 Å². The summed E-state index contributed by atoms with van der Waals surface area (Å²) in [6.07, 6.45) is 2.23. The Labute approximate surface area is 175 Å². The van der Waals surface area contributed by atoms with Gasteiger partial charge in [-0.15, -0.1) is 0 Å². The highest BCUT2D eigenvalue weighted by atomic mass is 35.5. The van der Waals surface area contributed by atoms with Gasteiger partial charge in [-0.05, 0) is 61.2 Å². The molecule has 1 heterocycles. The smallest absolute Gasteiger partial charge is 0.243 e. The normalized spacial score (nSPS) is 16.1. The summed E-state index contributed by atoms with van der Waals surface area (Å²) in [5, 5.41) is 4.19. The van der Waals surface area contributed by atoms with E-state index in [1.807, 2.05) is 24.3 Å². The molecular formula is C20H22Cl2N2O3S. The minimum atomic E-state index is -3.53. The van der Waals surface area contributed by atoms with Crippen LogP contribution in [0, 0.1) is 0 Å². The molecule has 1 fully saturated rings. The number of rotatable bonds is 6. The SMILES string of the molecule is O=C(CCc1ccc(Cl)cc1)NC1CCN(S(=O)(=O)c2ccc(Cl)cc2)CC1. The molecule has 1 aliphatic heterocycles. The fraction of sp³-hybridized carbons (Fsp3) is 0.350. The van der Waals surface area contributed by atoms with Gasteiger partial charge < -0.3 is 5.32 Å². The van der Waals surface area contributed by atoms with Crippen molar-refractivity contribution < 1.29 is 13.2 Å². The Morgan fingerprint density at radius 1 is 0.964 bits per heavy atom. The lowest BCUT2D eigenvalue weighted by Gasteiger charge is -2.31. The molecule has 3 rings (SSSR count). The van der Waals surface area contributed by atoms with Crippen LogP contribution < -0.4 is 5.32 Å². The first-order valence-corrected chi connectivity index (χ1v) is 11.3. The molecule has 1 amide bonds. The summed E-state index contributed by atoms with van der Waals surface area (Å²) in [4.78, 5) is 12.4. The average molecular weight is 441 g/mol. The molecule has 0 atom stereocenters. The van der Waals surface area contributed by atoms with Gasteiger partial charge in [0.15, 0.2) is 0 Å². The predicted molar refractivity (Wildman–Crippen MR) is 111 cm³/mol. The van der Waals surface area contributed by atoms with Crippen LogP contribution in [0.25, 0.3) is 0 Å². The van der Waals surface area contributed by atoms with Crippen LogP contribution in [0.1, 0.15) is 24.8 Å². The number of carbonyl (C=O) groups excluding carboxylic acids is 1. The van der Waals surface area contributed by atoms with Crippen molar-refractivity contribution >= 4 is 39.1 Å². The van der Waals surface area contributed by atoms with E-state index in [2.05, 4.69) is 5.32 Å². The molecule has 0 saturated carbocycles. The van der Waals surface area contributed by atoms with Gasteiger partial charge in [0, 0.05) is 35.6 Å². The van der Waals surface area contributed by atoms with E-state index in [1.165, 1.54) is 16.4 Å². The number of benzene rings is 2. The Bertz CT molecular complexity index is 907. The van der Waals surface area contributed by atoms with Crippen molar-refractivity contribution in [2.75, 3.05) is 13.1 Å². The van der Waals surface area contributed by atoms with E-state index in [9.17, 15) is 13.2 Å². The zero-order chi connectivity index (χ0) is 20.1. The van der Waals surface area contributed by atoms with Gasteiger partial charge in [-0.25, -0.2) is 8.42 Å². The second kappa shape index (κ2) is 9.27. The third-order valence-electron chi connectivity index (χ3n) is 4.82. The first-order valence-electron chi connectivity index (χ1n) is 9.14. The molecule has 1 aliphatic rings. The highest BCUT2D eigenvalue weighted by molar-refractivity contribution is 7.89. The van der Waals surface area contributed by atoms with Gasteiger partial charge in [0.25, 0.3) is 0 Å². The molecule has 1 N–H and O–H groups in total. The van der Waals surface area contributed by atoms with Crippen molar-refractivity contribution in [3.8, 4) is 0 Å². The van der Waals surface area contributed by atoms with E-state index in [0.717, 1.165) is 5.56 Å². The maximum absolute atomic E-state index is 12.7. The highest BCUT2D eigenvalue weighted by Crippen LogP contribution is 2.22. The number of carbonyl (C=O) groups is 1. The van der Waals surface area contributed by atoms with Gasteiger partial charge in [0.05, 0.1) is 4.90 Å². The molecule has 0 unspecified atom stereocenters. The van der Waals surface area contributed by atoms with E-state index < -0.39 is 10.0 Å². The zero-order valence-corrected chi connectivity index (χ0v) is 17.6. The quantitative estimate of drug-likeness (QED) is 0.740. The maximum Gasteiger partial charge on any atom is 0.243 e. The number of piperidine rings is 1. The van der Waals surface area contributed by atoms with Crippen LogP contribution in [0.2, 0.25) is 10.0 Å². The second-order valence-electron chi connectivity index (χ2n) is 6.83. The molecule has 150 valence electrons. The van der Waals surface area contributed by atoms with Gasteiger partial charge in [-0.1, -0.05) is 35.3 Å². The monoisotopic (exact) mass is 440 g/mol. The molecule has 0 radical (unpaired) electrons. The minimum absolute atomic E-state index is 0.00520. The standard InChI is InChI=1S/C20H22Cl2N2O3S/c21-16-4-1-15(2-5-16)3-10-20(25)23-18-11-13-24(14-12-18)28(26,27)19-8-6-17(22)7-9-19/h1-2,4-9,18H,3,10-14H2,(H,23,25).